The molecule has 134 valence electrons. The highest BCUT2D eigenvalue weighted by atomic mass is 16.2. The van der Waals surface area contributed by atoms with Crippen molar-refractivity contribution in [3.05, 3.63) is 30.1 Å². The monoisotopic (exact) mass is 340 g/mol. The summed E-state index contributed by atoms with van der Waals surface area (Å²) in [7, 11) is 2.06. The minimum absolute atomic E-state index is 0.260. The first-order valence-electron chi connectivity index (χ1n) is 9.62. The molecule has 5 nitrogen and oxygen atoms in total. The van der Waals surface area contributed by atoms with Gasteiger partial charge in [-0.15, -0.1) is 0 Å². The van der Waals surface area contributed by atoms with Crippen LogP contribution in [0.15, 0.2) is 24.5 Å². The van der Waals surface area contributed by atoms with Crippen molar-refractivity contribution in [1.29, 1.82) is 0 Å². The van der Waals surface area contributed by atoms with Crippen LogP contribution >= 0.6 is 0 Å². The lowest BCUT2D eigenvalue weighted by Gasteiger charge is -2.33. The standard InChI is InChI=1S/C20H28N4O/c1-22-15-17(18-5-4-9-21-19(18)22)8-14-23-12-6-16(7-13-23)20(25)24-10-2-3-11-24/h4-5,9,15-16H,2-3,6-8,10-14H2,1H3. The maximum absolute atomic E-state index is 12.5. The Bertz CT molecular complexity index is 739. The number of nitrogens with zero attached hydrogens (tertiary/aromatic N) is 4. The minimum atomic E-state index is 0.260. The lowest BCUT2D eigenvalue weighted by Crippen LogP contribution is -2.42. The number of carbonyl (C=O) groups is 1. The molecule has 0 saturated carbocycles. The van der Waals surface area contributed by atoms with Gasteiger partial charge in [-0.05, 0) is 62.9 Å². The zero-order valence-electron chi connectivity index (χ0n) is 15.2. The number of hydrogen-bond acceptors (Lipinski definition) is 3. The van der Waals surface area contributed by atoms with Gasteiger partial charge >= 0.3 is 0 Å². The molecule has 4 rings (SSSR count). The second kappa shape index (κ2) is 7.16. The van der Waals surface area contributed by atoms with Gasteiger partial charge in [0, 0.05) is 50.4 Å². The molecule has 2 aliphatic rings. The molecule has 0 atom stereocenters. The second-order valence-electron chi connectivity index (χ2n) is 7.54. The number of aryl methyl sites for hydroxylation is 1. The van der Waals surface area contributed by atoms with E-state index in [9.17, 15) is 4.79 Å². The van der Waals surface area contributed by atoms with Gasteiger partial charge in [0.1, 0.15) is 5.65 Å². The Morgan fingerprint density at radius 3 is 2.72 bits per heavy atom. The van der Waals surface area contributed by atoms with Gasteiger partial charge in [-0.2, -0.15) is 0 Å². The van der Waals surface area contributed by atoms with Crippen LogP contribution in [0.25, 0.3) is 11.0 Å². The lowest BCUT2D eigenvalue weighted by atomic mass is 9.95. The fourth-order valence-electron chi connectivity index (χ4n) is 4.37. The molecule has 5 heteroatoms. The lowest BCUT2D eigenvalue weighted by molar-refractivity contribution is -0.135. The smallest absolute Gasteiger partial charge is 0.225 e. The van der Waals surface area contributed by atoms with Gasteiger partial charge in [0.25, 0.3) is 0 Å². The highest BCUT2D eigenvalue weighted by Crippen LogP contribution is 2.23. The number of hydrogen-bond donors (Lipinski definition) is 0. The molecular formula is C20H28N4O. The number of likely N-dealkylation sites (tertiary alicyclic amines) is 2. The van der Waals surface area contributed by atoms with Gasteiger partial charge in [-0.3, -0.25) is 4.79 Å². The first-order valence-corrected chi connectivity index (χ1v) is 9.62. The number of carbonyl (C=O) groups excluding carboxylic acids is 1. The Labute approximate surface area is 149 Å². The van der Waals surface area contributed by atoms with E-state index in [-0.39, 0.29) is 5.92 Å². The van der Waals surface area contributed by atoms with Crippen LogP contribution in [0.3, 0.4) is 0 Å². The van der Waals surface area contributed by atoms with Crippen molar-refractivity contribution < 1.29 is 4.79 Å². The third kappa shape index (κ3) is 3.43. The Hall–Kier alpha value is -1.88. The highest BCUT2D eigenvalue weighted by molar-refractivity contribution is 5.80. The molecule has 0 unspecified atom stereocenters. The molecule has 2 saturated heterocycles. The van der Waals surface area contributed by atoms with Gasteiger partial charge < -0.3 is 14.4 Å². The predicted molar refractivity (Wildman–Crippen MR) is 99.4 cm³/mol. The summed E-state index contributed by atoms with van der Waals surface area (Å²) in [5.41, 5.74) is 2.44. The van der Waals surface area contributed by atoms with Crippen molar-refractivity contribution in [3.63, 3.8) is 0 Å². The summed E-state index contributed by atoms with van der Waals surface area (Å²) < 4.78 is 2.12. The van der Waals surface area contributed by atoms with Crippen LogP contribution < -0.4 is 0 Å². The third-order valence-corrected chi connectivity index (χ3v) is 5.87. The van der Waals surface area contributed by atoms with E-state index in [1.54, 1.807) is 0 Å². The van der Waals surface area contributed by atoms with E-state index in [0.29, 0.717) is 5.91 Å². The molecule has 2 aliphatic heterocycles. The Morgan fingerprint density at radius 2 is 1.96 bits per heavy atom. The van der Waals surface area contributed by atoms with Crippen LogP contribution in [-0.4, -0.2) is 58.0 Å². The summed E-state index contributed by atoms with van der Waals surface area (Å²) in [5.74, 6) is 0.674. The first-order chi connectivity index (χ1) is 12.2. The number of aromatic nitrogens is 2. The molecule has 1 amide bonds. The number of pyridine rings is 1. The topological polar surface area (TPSA) is 41.4 Å². The van der Waals surface area contributed by atoms with E-state index in [0.717, 1.165) is 57.6 Å². The molecule has 0 N–H and O–H groups in total. The molecule has 0 spiro atoms. The van der Waals surface area contributed by atoms with E-state index in [4.69, 9.17) is 0 Å². The molecule has 4 heterocycles. The van der Waals surface area contributed by atoms with Gasteiger partial charge in [0.2, 0.25) is 5.91 Å². The number of rotatable bonds is 4. The number of piperidine rings is 1. The Balaban J connectivity index is 1.30. The van der Waals surface area contributed by atoms with Crippen molar-refractivity contribution in [3.8, 4) is 0 Å². The van der Waals surface area contributed by atoms with E-state index < -0.39 is 0 Å². The van der Waals surface area contributed by atoms with Gasteiger partial charge in [0.05, 0.1) is 0 Å². The number of fused-ring (bicyclic) bond motifs is 1. The van der Waals surface area contributed by atoms with Crippen LogP contribution in [0.5, 0.6) is 0 Å². The summed E-state index contributed by atoms with van der Waals surface area (Å²) in [6.07, 6.45) is 9.52. The third-order valence-electron chi connectivity index (χ3n) is 5.87. The van der Waals surface area contributed by atoms with Crippen molar-refractivity contribution >= 4 is 16.9 Å². The van der Waals surface area contributed by atoms with Crippen LogP contribution in [0, 0.1) is 5.92 Å². The highest BCUT2D eigenvalue weighted by Gasteiger charge is 2.29. The fourth-order valence-corrected chi connectivity index (χ4v) is 4.37. The number of amides is 1. The van der Waals surface area contributed by atoms with Crippen LogP contribution in [0.2, 0.25) is 0 Å². The SMILES string of the molecule is Cn1cc(CCN2CCC(C(=O)N3CCCC3)CC2)c2cccnc21. The molecule has 0 aromatic carbocycles. The van der Waals surface area contributed by atoms with Crippen LogP contribution in [0.4, 0.5) is 0 Å². The Morgan fingerprint density at radius 1 is 1.20 bits per heavy atom. The largest absolute Gasteiger partial charge is 0.342 e. The predicted octanol–water partition coefficient (Wildman–Crippen LogP) is 2.45. The molecule has 0 aliphatic carbocycles. The van der Waals surface area contributed by atoms with Crippen molar-refractivity contribution in [2.24, 2.45) is 13.0 Å². The van der Waals surface area contributed by atoms with Crippen molar-refractivity contribution in [1.82, 2.24) is 19.4 Å². The van der Waals surface area contributed by atoms with E-state index in [2.05, 4.69) is 38.7 Å². The first kappa shape index (κ1) is 16.6. The van der Waals surface area contributed by atoms with Gasteiger partial charge in [-0.25, -0.2) is 4.98 Å². The average molecular weight is 340 g/mol. The molecule has 2 aromatic heterocycles. The minimum Gasteiger partial charge on any atom is -0.342 e. The molecular weight excluding hydrogens is 312 g/mol. The maximum atomic E-state index is 12.5. The molecule has 2 aromatic rings. The Kier molecular flexibility index (Phi) is 4.75. The van der Waals surface area contributed by atoms with E-state index in [1.165, 1.54) is 23.8 Å². The summed E-state index contributed by atoms with van der Waals surface area (Å²) in [6.45, 7) is 5.13. The maximum Gasteiger partial charge on any atom is 0.225 e. The summed E-state index contributed by atoms with van der Waals surface area (Å²) >= 11 is 0. The van der Waals surface area contributed by atoms with E-state index in [1.807, 2.05) is 12.3 Å². The zero-order valence-corrected chi connectivity index (χ0v) is 15.2. The quantitative estimate of drug-likeness (QED) is 0.858. The average Bonchev–Trinajstić information content (AvgIpc) is 3.29. The summed E-state index contributed by atoms with van der Waals surface area (Å²) in [6, 6.07) is 4.18. The molecule has 25 heavy (non-hydrogen) atoms. The van der Waals surface area contributed by atoms with E-state index >= 15 is 0 Å². The second-order valence-corrected chi connectivity index (χ2v) is 7.54. The van der Waals surface area contributed by atoms with Crippen LogP contribution in [0.1, 0.15) is 31.2 Å². The van der Waals surface area contributed by atoms with Crippen molar-refractivity contribution in [2.75, 3.05) is 32.7 Å². The fraction of sp³-hybridized carbons (Fsp3) is 0.600. The van der Waals surface area contributed by atoms with Crippen LogP contribution in [-0.2, 0) is 18.3 Å². The normalized spacial score (nSPS) is 19.8. The zero-order chi connectivity index (χ0) is 17.2. The summed E-state index contributed by atoms with van der Waals surface area (Å²) in [4.78, 5) is 21.6. The van der Waals surface area contributed by atoms with Crippen molar-refractivity contribution in [2.45, 2.75) is 32.1 Å². The summed E-state index contributed by atoms with van der Waals surface area (Å²) in [5, 5.41) is 1.27. The molecule has 0 radical (unpaired) electrons. The molecule has 2 fully saturated rings. The van der Waals surface area contributed by atoms with Gasteiger partial charge in [-0.1, -0.05) is 0 Å². The van der Waals surface area contributed by atoms with Gasteiger partial charge in [0.15, 0.2) is 0 Å². The molecule has 0 bridgehead atoms.